The van der Waals surface area contributed by atoms with E-state index < -0.39 is 0 Å². The molecule has 0 saturated carbocycles. The molecule has 0 bridgehead atoms. The van der Waals surface area contributed by atoms with Crippen LogP contribution in [0.25, 0.3) is 0 Å². The summed E-state index contributed by atoms with van der Waals surface area (Å²) in [5.41, 5.74) is 0.644. The van der Waals surface area contributed by atoms with Crippen LogP contribution in [0.2, 0.25) is 0 Å². The average Bonchev–Trinajstić information content (AvgIpc) is 2.78. The zero-order chi connectivity index (χ0) is 13.0. The second-order valence-corrected chi connectivity index (χ2v) is 4.83. The molecule has 1 amide bonds. The number of amides is 1. The van der Waals surface area contributed by atoms with Crippen molar-refractivity contribution < 1.29 is 9.18 Å². The van der Waals surface area contributed by atoms with Crippen LogP contribution in [0.1, 0.15) is 18.9 Å². The van der Waals surface area contributed by atoms with Crippen LogP contribution in [0.3, 0.4) is 0 Å². The number of benzene rings is 1. The topological polar surface area (TPSA) is 41.1 Å². The molecule has 0 radical (unpaired) electrons. The van der Waals surface area contributed by atoms with Gasteiger partial charge >= 0.3 is 0 Å². The first kappa shape index (κ1) is 13.0. The molecule has 18 heavy (non-hydrogen) atoms. The maximum absolute atomic E-state index is 13.4. The van der Waals surface area contributed by atoms with E-state index in [4.69, 9.17) is 0 Å². The van der Waals surface area contributed by atoms with Crippen LogP contribution in [0, 0.1) is 11.7 Å². The molecular formula is C14H19FN2O. The predicted molar refractivity (Wildman–Crippen MR) is 68.7 cm³/mol. The van der Waals surface area contributed by atoms with Crippen molar-refractivity contribution >= 4 is 5.91 Å². The Kier molecular flexibility index (Phi) is 4.31. The minimum absolute atomic E-state index is 0.0244. The number of nitrogens with one attached hydrogen (secondary N) is 2. The first-order chi connectivity index (χ1) is 8.68. The maximum atomic E-state index is 13.4. The maximum Gasteiger partial charge on any atom is 0.237 e. The molecule has 3 nitrogen and oxygen atoms in total. The van der Waals surface area contributed by atoms with Gasteiger partial charge in [0.2, 0.25) is 5.91 Å². The minimum Gasteiger partial charge on any atom is -0.354 e. The van der Waals surface area contributed by atoms with Gasteiger partial charge in [-0.2, -0.15) is 0 Å². The third-order valence-corrected chi connectivity index (χ3v) is 3.47. The van der Waals surface area contributed by atoms with Gasteiger partial charge in [-0.1, -0.05) is 25.1 Å². The number of carbonyl (C=O) groups is 1. The van der Waals surface area contributed by atoms with E-state index in [0.29, 0.717) is 24.4 Å². The normalized spacial score (nSPS) is 23.0. The summed E-state index contributed by atoms with van der Waals surface area (Å²) < 4.78 is 13.4. The highest BCUT2D eigenvalue weighted by molar-refractivity contribution is 5.82. The van der Waals surface area contributed by atoms with E-state index in [1.54, 1.807) is 18.2 Å². The lowest BCUT2D eigenvalue weighted by molar-refractivity contribution is -0.123. The van der Waals surface area contributed by atoms with Crippen molar-refractivity contribution in [2.75, 3.05) is 13.1 Å². The summed E-state index contributed by atoms with van der Waals surface area (Å²) in [5, 5.41) is 6.04. The van der Waals surface area contributed by atoms with Crippen LogP contribution in [-0.2, 0) is 11.2 Å². The highest BCUT2D eigenvalue weighted by atomic mass is 19.1. The van der Waals surface area contributed by atoms with Gasteiger partial charge in [0.15, 0.2) is 0 Å². The lowest BCUT2D eigenvalue weighted by atomic mass is 10.0. The second kappa shape index (κ2) is 5.96. The highest BCUT2D eigenvalue weighted by Crippen LogP contribution is 2.14. The van der Waals surface area contributed by atoms with Crippen LogP contribution < -0.4 is 10.6 Å². The molecule has 0 spiro atoms. The van der Waals surface area contributed by atoms with Gasteiger partial charge in [-0.05, 0) is 36.9 Å². The van der Waals surface area contributed by atoms with Crippen molar-refractivity contribution in [3.63, 3.8) is 0 Å². The molecule has 1 aliphatic heterocycles. The molecule has 4 heteroatoms. The van der Waals surface area contributed by atoms with Crippen LogP contribution in [0.15, 0.2) is 24.3 Å². The summed E-state index contributed by atoms with van der Waals surface area (Å²) in [4.78, 5) is 11.9. The Morgan fingerprint density at radius 2 is 2.28 bits per heavy atom. The lowest BCUT2D eigenvalue weighted by Gasteiger charge is -2.15. The van der Waals surface area contributed by atoms with Gasteiger partial charge in [0.05, 0.1) is 6.04 Å². The van der Waals surface area contributed by atoms with Crippen molar-refractivity contribution in [1.82, 2.24) is 10.6 Å². The van der Waals surface area contributed by atoms with Gasteiger partial charge in [0.25, 0.3) is 0 Å². The van der Waals surface area contributed by atoms with Crippen LogP contribution in [0.5, 0.6) is 0 Å². The summed E-state index contributed by atoms with van der Waals surface area (Å²) >= 11 is 0. The quantitative estimate of drug-likeness (QED) is 0.850. The smallest absolute Gasteiger partial charge is 0.237 e. The average molecular weight is 250 g/mol. The Labute approximate surface area is 107 Å². The number of hydrogen-bond donors (Lipinski definition) is 2. The van der Waals surface area contributed by atoms with Crippen molar-refractivity contribution in [3.8, 4) is 0 Å². The Bertz CT molecular complexity index is 422. The molecule has 1 aromatic rings. The lowest BCUT2D eigenvalue weighted by Crippen LogP contribution is -2.43. The van der Waals surface area contributed by atoms with Crippen LogP contribution in [-0.4, -0.2) is 25.0 Å². The third kappa shape index (κ3) is 3.07. The molecule has 1 aliphatic rings. The van der Waals surface area contributed by atoms with Crippen molar-refractivity contribution in [2.24, 2.45) is 5.92 Å². The number of hydrogen-bond acceptors (Lipinski definition) is 2. The van der Waals surface area contributed by atoms with E-state index in [0.717, 1.165) is 13.0 Å². The SMILES string of the molecule is CC1CCNC1C(=O)NCCc1ccccc1F. The fraction of sp³-hybridized carbons (Fsp3) is 0.500. The predicted octanol–water partition coefficient (Wildman–Crippen LogP) is 1.48. The summed E-state index contributed by atoms with van der Waals surface area (Å²) in [7, 11) is 0. The van der Waals surface area contributed by atoms with E-state index in [-0.39, 0.29) is 17.8 Å². The highest BCUT2D eigenvalue weighted by Gasteiger charge is 2.28. The number of rotatable bonds is 4. The molecule has 2 unspecified atom stereocenters. The third-order valence-electron chi connectivity index (χ3n) is 3.47. The van der Waals surface area contributed by atoms with Crippen molar-refractivity contribution in [2.45, 2.75) is 25.8 Å². The molecule has 1 saturated heterocycles. The molecule has 2 rings (SSSR count). The zero-order valence-electron chi connectivity index (χ0n) is 10.6. The molecule has 0 aliphatic carbocycles. The van der Waals surface area contributed by atoms with Crippen molar-refractivity contribution in [3.05, 3.63) is 35.6 Å². The minimum atomic E-state index is -0.209. The Balaban J connectivity index is 1.79. The zero-order valence-corrected chi connectivity index (χ0v) is 10.6. The monoisotopic (exact) mass is 250 g/mol. The molecule has 2 atom stereocenters. The summed E-state index contributed by atoms with van der Waals surface area (Å²) in [5.74, 6) is 0.189. The Hall–Kier alpha value is -1.42. The molecule has 1 aromatic carbocycles. The van der Waals surface area contributed by atoms with E-state index in [9.17, 15) is 9.18 Å². The van der Waals surface area contributed by atoms with Gasteiger partial charge in [-0.25, -0.2) is 4.39 Å². The van der Waals surface area contributed by atoms with Gasteiger partial charge in [0.1, 0.15) is 5.82 Å². The van der Waals surface area contributed by atoms with Crippen LogP contribution in [0.4, 0.5) is 4.39 Å². The standard InChI is InChI=1S/C14H19FN2O/c1-10-6-8-16-13(10)14(18)17-9-7-11-4-2-3-5-12(11)15/h2-5,10,13,16H,6-9H2,1H3,(H,17,18). The first-order valence-electron chi connectivity index (χ1n) is 6.43. The molecule has 0 aromatic heterocycles. The molecule has 2 N–H and O–H groups in total. The van der Waals surface area contributed by atoms with Gasteiger partial charge < -0.3 is 10.6 Å². The number of halogens is 1. The van der Waals surface area contributed by atoms with Crippen LogP contribution >= 0.6 is 0 Å². The molecule has 1 heterocycles. The fourth-order valence-electron chi connectivity index (χ4n) is 2.32. The van der Waals surface area contributed by atoms with E-state index in [2.05, 4.69) is 17.6 Å². The summed E-state index contributed by atoms with van der Waals surface area (Å²) in [6.45, 7) is 3.44. The van der Waals surface area contributed by atoms with Gasteiger partial charge in [0, 0.05) is 6.54 Å². The molecular weight excluding hydrogens is 231 g/mol. The molecule has 1 fully saturated rings. The largest absolute Gasteiger partial charge is 0.354 e. The molecule has 98 valence electrons. The van der Waals surface area contributed by atoms with Gasteiger partial charge in [-0.3, -0.25) is 4.79 Å². The Morgan fingerprint density at radius 1 is 1.50 bits per heavy atom. The number of carbonyl (C=O) groups excluding carboxylic acids is 1. The fourth-order valence-corrected chi connectivity index (χ4v) is 2.32. The summed E-state index contributed by atoms with van der Waals surface area (Å²) in [6, 6.07) is 6.57. The Morgan fingerprint density at radius 3 is 2.94 bits per heavy atom. The second-order valence-electron chi connectivity index (χ2n) is 4.83. The van der Waals surface area contributed by atoms with Crippen molar-refractivity contribution in [1.29, 1.82) is 0 Å². The first-order valence-corrected chi connectivity index (χ1v) is 6.43. The van der Waals surface area contributed by atoms with Gasteiger partial charge in [-0.15, -0.1) is 0 Å². The van der Waals surface area contributed by atoms with E-state index >= 15 is 0 Å². The summed E-state index contributed by atoms with van der Waals surface area (Å²) in [6.07, 6.45) is 1.56. The van der Waals surface area contributed by atoms with E-state index in [1.807, 2.05) is 0 Å². The van der Waals surface area contributed by atoms with E-state index in [1.165, 1.54) is 6.07 Å².